The molecule has 9 aliphatic heterocycles. The van der Waals surface area contributed by atoms with E-state index in [1.807, 2.05) is 0 Å². The molecule has 0 bridgehead atoms. The number of hydrogen-bond donors (Lipinski definition) is 28. The zero-order chi connectivity index (χ0) is 79.5. The number of carbonyl (C=O) groups excluding carboxylic acids is 3. The van der Waals surface area contributed by atoms with Crippen molar-refractivity contribution in [2.75, 3.05) is 52.9 Å². The van der Waals surface area contributed by atoms with Crippen molar-refractivity contribution in [1.82, 2.24) is 16.0 Å². The Morgan fingerprint density at radius 3 is 1.02 bits per heavy atom. The van der Waals surface area contributed by atoms with E-state index in [2.05, 4.69) is 16.0 Å². The molecule has 48 nitrogen and oxygen atoms in total. The summed E-state index contributed by atoms with van der Waals surface area (Å²) in [6.07, 6.45) is -85.2. The van der Waals surface area contributed by atoms with Crippen molar-refractivity contribution in [2.24, 2.45) is 0 Å². The Kier molecular flexibility index (Phi) is 31.6. The molecule has 108 heavy (non-hydrogen) atoms. The van der Waals surface area contributed by atoms with E-state index in [1.54, 1.807) is 0 Å². The van der Waals surface area contributed by atoms with Crippen molar-refractivity contribution in [3.05, 3.63) is 0 Å². The van der Waals surface area contributed by atoms with Crippen LogP contribution >= 0.6 is 0 Å². The predicted octanol–water partition coefficient (Wildman–Crippen LogP) is -19.2. The zero-order valence-electron chi connectivity index (χ0n) is 58.0. The maximum Gasteiger partial charge on any atom is 0.217 e. The largest absolute Gasteiger partial charge is 0.394 e. The van der Waals surface area contributed by atoms with Gasteiger partial charge in [-0.1, -0.05) is 0 Å². The van der Waals surface area contributed by atoms with Gasteiger partial charge in [-0.2, -0.15) is 0 Å². The maximum atomic E-state index is 13.1. The van der Waals surface area contributed by atoms with Gasteiger partial charge in [0.2, 0.25) is 17.7 Å². The fraction of sp³-hybridized carbons (Fsp3) is 0.950. The van der Waals surface area contributed by atoms with Crippen LogP contribution in [0.15, 0.2) is 0 Å². The van der Waals surface area contributed by atoms with E-state index in [-0.39, 0.29) is 0 Å². The molecule has 0 saturated carbocycles. The Morgan fingerprint density at radius 1 is 0.259 bits per heavy atom. The molecule has 45 atom stereocenters. The first-order valence-electron chi connectivity index (χ1n) is 34.5. The number of hydrogen-bond acceptors (Lipinski definition) is 45. The average Bonchev–Trinajstić information content (AvgIpc) is 0.768. The van der Waals surface area contributed by atoms with Crippen LogP contribution in [0.25, 0.3) is 0 Å². The minimum atomic E-state index is -2.55. The Hall–Kier alpha value is -3.27. The fourth-order valence-electron chi connectivity index (χ4n) is 13.9. The molecule has 0 radical (unpaired) electrons. The number of rotatable bonds is 27. The molecule has 9 aliphatic rings. The lowest BCUT2D eigenvalue weighted by atomic mass is 9.93. The molecule has 3 amide bonds. The van der Waals surface area contributed by atoms with Gasteiger partial charge in [0.1, 0.15) is 213 Å². The van der Waals surface area contributed by atoms with Gasteiger partial charge in [-0.3, -0.25) is 14.4 Å². The number of amides is 3. The number of nitrogens with one attached hydrogen (secondary N) is 3. The Balaban J connectivity index is 1.03. The van der Waals surface area contributed by atoms with Gasteiger partial charge < -0.3 is 224 Å². The minimum Gasteiger partial charge on any atom is -0.394 e. The molecule has 9 heterocycles. The highest BCUT2D eigenvalue weighted by molar-refractivity contribution is 5.74. The minimum absolute atomic E-state index is 0.823. The Morgan fingerprint density at radius 2 is 0.556 bits per heavy atom. The first kappa shape index (κ1) is 88.7. The van der Waals surface area contributed by atoms with Crippen LogP contribution in [-0.2, 0) is 94.9 Å². The quantitative estimate of drug-likeness (QED) is 0.0363. The topological polar surface area (TPSA) is 750 Å². The van der Waals surface area contributed by atoms with Crippen LogP contribution in [0.5, 0.6) is 0 Å². The van der Waals surface area contributed by atoms with Gasteiger partial charge in [-0.25, -0.2) is 0 Å². The first-order chi connectivity index (χ1) is 51.0. The van der Waals surface area contributed by atoms with Crippen LogP contribution in [0.3, 0.4) is 0 Å². The van der Waals surface area contributed by atoms with Crippen molar-refractivity contribution >= 4 is 17.7 Å². The Bertz CT molecular complexity index is 2820. The van der Waals surface area contributed by atoms with Crippen LogP contribution in [-0.4, -0.2) is 474 Å². The van der Waals surface area contributed by atoms with E-state index in [0.717, 1.165) is 20.8 Å². The lowest BCUT2D eigenvalue weighted by Gasteiger charge is -2.51. The zero-order valence-corrected chi connectivity index (χ0v) is 58.0. The van der Waals surface area contributed by atoms with Crippen molar-refractivity contribution < 1.29 is 223 Å². The van der Waals surface area contributed by atoms with E-state index in [9.17, 15) is 142 Å². The number of ether oxygens (including phenoxy) is 17. The number of carbonyl (C=O) groups is 3. The molecule has 0 aliphatic carbocycles. The summed E-state index contributed by atoms with van der Waals surface area (Å²) >= 11 is 0. The summed E-state index contributed by atoms with van der Waals surface area (Å²) in [6.45, 7) is -4.26. The summed E-state index contributed by atoms with van der Waals surface area (Å²) in [4.78, 5) is 38.4. The van der Waals surface area contributed by atoms with Crippen LogP contribution in [0.2, 0.25) is 0 Å². The monoisotopic (exact) mass is 1580 g/mol. The van der Waals surface area contributed by atoms with E-state index in [4.69, 9.17) is 80.5 Å². The normalized spacial score (nSPS) is 50.4. The van der Waals surface area contributed by atoms with Crippen molar-refractivity contribution in [3.63, 3.8) is 0 Å². The molecular weight excluding hydrogens is 1480 g/mol. The molecule has 48 heteroatoms. The van der Waals surface area contributed by atoms with Gasteiger partial charge in [0.25, 0.3) is 0 Å². The molecule has 0 aromatic rings. The summed E-state index contributed by atoms with van der Waals surface area (Å²) in [5, 5.41) is 283. The number of aliphatic hydroxyl groups excluding tert-OH is 25. The van der Waals surface area contributed by atoms with Gasteiger partial charge in [0.05, 0.1) is 59.0 Å². The lowest BCUT2D eigenvalue weighted by molar-refractivity contribution is -0.398. The van der Waals surface area contributed by atoms with Crippen molar-refractivity contribution in [1.29, 1.82) is 0 Å². The highest BCUT2D eigenvalue weighted by Gasteiger charge is 2.60. The van der Waals surface area contributed by atoms with Crippen LogP contribution in [0.1, 0.15) is 27.7 Å². The second kappa shape index (κ2) is 38.5. The lowest BCUT2D eigenvalue weighted by Crippen LogP contribution is -2.71. The molecule has 0 aromatic heterocycles. The molecule has 9 fully saturated rings. The molecule has 0 unspecified atom stereocenters. The van der Waals surface area contributed by atoms with Crippen LogP contribution < -0.4 is 16.0 Å². The second-order valence-corrected chi connectivity index (χ2v) is 27.5. The molecular formula is C60H101N3O45. The number of aliphatic hydroxyl groups is 25. The van der Waals surface area contributed by atoms with Gasteiger partial charge >= 0.3 is 0 Å². The second-order valence-electron chi connectivity index (χ2n) is 27.5. The highest BCUT2D eigenvalue weighted by atomic mass is 16.8. The molecule has 9 saturated heterocycles. The molecule has 0 aromatic carbocycles. The molecule has 9 rings (SSSR count). The summed E-state index contributed by atoms with van der Waals surface area (Å²) in [5.41, 5.74) is 0. The average molecular weight is 1580 g/mol. The van der Waals surface area contributed by atoms with E-state index in [0.29, 0.717) is 0 Å². The molecule has 28 N–H and O–H groups in total. The Labute approximate surface area is 611 Å². The summed E-state index contributed by atoms with van der Waals surface area (Å²) < 4.78 is 99.6. The van der Waals surface area contributed by atoms with E-state index in [1.165, 1.54) is 6.92 Å². The third-order valence-corrected chi connectivity index (χ3v) is 19.9. The molecule has 626 valence electrons. The highest BCUT2D eigenvalue weighted by Crippen LogP contribution is 2.39. The SMILES string of the molecule is CC(=O)N[C@@H]1[C@@H](O)[C@H](O[C@@H]2O[C@H](CO)[C@@H](O[C@@H]3O[C@H](CO[C@H]4O[C@H](CO)[C@@H](O)[C@H](O[C@H]5O[C@H](CO)[C@@H](O)[C@H](O)[C@@H]5O)[C@@H]4O)[C@@H](O)[C@H](O[C@H]4O[C@H](CO)[C@@H](O)[C@H](O)[C@@H]4O[C@@H]4O[C@H](CO)[C@@H](O[C@@H]5O[C@H](CO)[C@H](O)[C@H](O)[C@H]5O)[C@H](O)[C@H]4NC(C)=O)[C@@H]3O)[C@H](O)[C@H]2NC(C)=O)[C@@H](CO[C@H]2O[C@H](C)[C@H](O)[C@H](O)[C@H]2O)O[C@H]1O. The van der Waals surface area contributed by atoms with E-state index >= 15 is 0 Å². The van der Waals surface area contributed by atoms with Gasteiger partial charge in [0.15, 0.2) is 56.6 Å². The fourth-order valence-corrected chi connectivity index (χ4v) is 13.9. The van der Waals surface area contributed by atoms with Crippen LogP contribution in [0, 0.1) is 0 Å². The summed E-state index contributed by atoms with van der Waals surface area (Å²) in [6, 6.07) is -5.63. The smallest absolute Gasteiger partial charge is 0.217 e. The summed E-state index contributed by atoms with van der Waals surface area (Å²) in [5.74, 6) is -2.73. The van der Waals surface area contributed by atoms with Gasteiger partial charge in [-0.05, 0) is 6.92 Å². The maximum absolute atomic E-state index is 13.1. The third kappa shape index (κ3) is 19.3. The van der Waals surface area contributed by atoms with Crippen molar-refractivity contribution in [2.45, 2.75) is 304 Å². The summed E-state index contributed by atoms with van der Waals surface area (Å²) in [7, 11) is 0. The van der Waals surface area contributed by atoms with Gasteiger partial charge in [0, 0.05) is 20.8 Å². The first-order valence-corrected chi connectivity index (χ1v) is 34.5. The molecule has 0 spiro atoms. The standard InChI is InChI=1S/C60H101N3O45/c1-13-28(73)37(82)41(86)55(94-13)93-12-24-48(34(79)25(52(91)95-24)61-14(2)70)103-53-26(62-15(3)71)35(80)47(22(10-69)100-53)105-59-45(90)50(33(78)23(102-59)11-92-56-44(89)49(32(77)20(8-67)96-56)106-58-43(88)39(84)30(75)18(6-65)98-58)107-60-51(40(85)31(76)19(7-66)99-60)108-54-27(63-16(4)72)36(81)46(21(9-68)101-54)104-57-42(87)38(83)29(74)17(5-64)97-57/h13,17-60,64-69,73-91H,5-12H2,1-4H3,(H,61,70)(H,62,71)(H,63,72)/t13-,17-,18-,19-,20-,21-,22-,23-,24-,25-,26-,27-,28+,29+,30-,31-,32-,33-,34-,35-,36-,37+,38+,39+,40+,41-,42-,43+,44+,45+,46-,47-,48-,49+,50+,51+,52-,53+,54+,55+,56+,57+,58-,59+,60-/m1/s1. The van der Waals surface area contributed by atoms with E-state index < -0.39 is 347 Å². The van der Waals surface area contributed by atoms with Gasteiger partial charge in [-0.15, -0.1) is 0 Å². The third-order valence-electron chi connectivity index (χ3n) is 19.9. The van der Waals surface area contributed by atoms with Crippen LogP contribution in [0.4, 0.5) is 0 Å². The van der Waals surface area contributed by atoms with Crippen molar-refractivity contribution in [3.8, 4) is 0 Å². The predicted molar refractivity (Wildman–Crippen MR) is 330 cm³/mol.